The van der Waals surface area contributed by atoms with Crippen molar-refractivity contribution < 1.29 is 0 Å². The molecule has 1 fully saturated rings. The van der Waals surface area contributed by atoms with Gasteiger partial charge in [-0.05, 0) is 20.8 Å². The van der Waals surface area contributed by atoms with Crippen LogP contribution >= 0.6 is 11.8 Å². The second-order valence-electron chi connectivity index (χ2n) is 3.60. The Morgan fingerprint density at radius 1 is 1.40 bits per heavy atom. The summed E-state index contributed by atoms with van der Waals surface area (Å²) < 4.78 is 0. The molecule has 1 aliphatic heterocycles. The van der Waals surface area contributed by atoms with E-state index in [-0.39, 0.29) is 0 Å². The summed E-state index contributed by atoms with van der Waals surface area (Å²) in [7, 11) is 0. The Balaban J connectivity index is 2.39. The third-order valence-corrected chi connectivity index (χ3v) is 2.61. The van der Waals surface area contributed by atoms with E-state index in [4.69, 9.17) is 0 Å². The van der Waals surface area contributed by atoms with Gasteiger partial charge in [0.15, 0.2) is 0 Å². The minimum atomic E-state index is 0.320. The van der Waals surface area contributed by atoms with Gasteiger partial charge in [0, 0.05) is 24.0 Å². The Labute approximate surface area is 67.4 Å². The van der Waals surface area contributed by atoms with Crippen molar-refractivity contribution >= 4 is 11.8 Å². The van der Waals surface area contributed by atoms with E-state index in [9.17, 15) is 0 Å². The molecule has 1 rings (SSSR count). The van der Waals surface area contributed by atoms with Gasteiger partial charge in [0.2, 0.25) is 0 Å². The quantitative estimate of drug-likeness (QED) is 0.575. The number of hydrogen-bond acceptors (Lipinski definition) is 3. The first-order valence-electron chi connectivity index (χ1n) is 3.64. The van der Waals surface area contributed by atoms with Crippen LogP contribution in [0.5, 0.6) is 0 Å². The topological polar surface area (TPSA) is 15.3 Å². The lowest BCUT2D eigenvalue weighted by atomic mass is 10.1. The molecule has 0 aromatic rings. The number of hydrogen-bond donors (Lipinski definition) is 1. The standard InChI is InChI=1S/C7H16N2S/c1-7(2,3)9-4-8-5-10-6-9/h8H,4-6H2,1-3H3. The summed E-state index contributed by atoms with van der Waals surface area (Å²) in [6.07, 6.45) is 0. The zero-order chi connectivity index (χ0) is 7.61. The first-order chi connectivity index (χ1) is 4.61. The van der Waals surface area contributed by atoms with E-state index in [1.807, 2.05) is 11.8 Å². The van der Waals surface area contributed by atoms with E-state index in [2.05, 4.69) is 31.0 Å². The molecule has 1 aliphatic rings. The minimum absolute atomic E-state index is 0.320. The summed E-state index contributed by atoms with van der Waals surface area (Å²) >= 11 is 1.94. The zero-order valence-electron chi connectivity index (χ0n) is 6.98. The zero-order valence-corrected chi connectivity index (χ0v) is 7.79. The highest BCUT2D eigenvalue weighted by Gasteiger charge is 2.22. The Kier molecular flexibility index (Phi) is 2.61. The Hall–Kier alpha value is 0.270. The average Bonchev–Trinajstić information content (AvgIpc) is 1.88. The van der Waals surface area contributed by atoms with Crippen LogP contribution in [0.15, 0.2) is 0 Å². The van der Waals surface area contributed by atoms with Crippen LogP contribution in [0.4, 0.5) is 0 Å². The lowest BCUT2D eigenvalue weighted by Gasteiger charge is -2.38. The fourth-order valence-corrected chi connectivity index (χ4v) is 1.91. The molecule has 0 atom stereocenters. The summed E-state index contributed by atoms with van der Waals surface area (Å²) in [4.78, 5) is 2.43. The maximum Gasteiger partial charge on any atom is 0.0499 e. The predicted molar refractivity (Wildman–Crippen MR) is 46.9 cm³/mol. The molecule has 1 heterocycles. The molecule has 3 heteroatoms. The molecule has 0 aliphatic carbocycles. The minimum Gasteiger partial charge on any atom is -0.295 e. The average molecular weight is 160 g/mol. The molecular formula is C7H16N2S. The third kappa shape index (κ3) is 2.15. The molecule has 0 amide bonds. The summed E-state index contributed by atoms with van der Waals surface area (Å²) in [5, 5.41) is 3.33. The Morgan fingerprint density at radius 3 is 2.40 bits per heavy atom. The summed E-state index contributed by atoms with van der Waals surface area (Å²) in [5.74, 6) is 2.27. The van der Waals surface area contributed by atoms with E-state index in [0.29, 0.717) is 5.54 Å². The van der Waals surface area contributed by atoms with Crippen molar-refractivity contribution in [3.05, 3.63) is 0 Å². The number of rotatable bonds is 0. The number of nitrogens with zero attached hydrogens (tertiary/aromatic N) is 1. The van der Waals surface area contributed by atoms with Crippen LogP contribution in [0.3, 0.4) is 0 Å². The van der Waals surface area contributed by atoms with Gasteiger partial charge in [-0.15, -0.1) is 11.8 Å². The van der Waals surface area contributed by atoms with E-state index in [1.165, 1.54) is 0 Å². The van der Waals surface area contributed by atoms with Crippen molar-refractivity contribution in [2.75, 3.05) is 18.4 Å². The van der Waals surface area contributed by atoms with Crippen molar-refractivity contribution in [2.45, 2.75) is 26.3 Å². The normalized spacial score (nSPS) is 23.1. The van der Waals surface area contributed by atoms with E-state index < -0.39 is 0 Å². The van der Waals surface area contributed by atoms with Gasteiger partial charge >= 0.3 is 0 Å². The van der Waals surface area contributed by atoms with Crippen molar-refractivity contribution in [3.8, 4) is 0 Å². The fourth-order valence-electron chi connectivity index (χ4n) is 0.885. The molecule has 0 aromatic carbocycles. The lowest BCUT2D eigenvalue weighted by molar-refractivity contribution is 0.151. The number of nitrogens with one attached hydrogen (secondary N) is 1. The summed E-state index contributed by atoms with van der Waals surface area (Å²) in [6, 6.07) is 0. The first kappa shape index (κ1) is 8.37. The highest BCUT2D eigenvalue weighted by atomic mass is 32.2. The molecular weight excluding hydrogens is 144 g/mol. The van der Waals surface area contributed by atoms with Crippen LogP contribution in [-0.2, 0) is 0 Å². The van der Waals surface area contributed by atoms with Crippen LogP contribution in [0.2, 0.25) is 0 Å². The van der Waals surface area contributed by atoms with Crippen molar-refractivity contribution in [2.24, 2.45) is 0 Å². The highest BCUT2D eigenvalue weighted by molar-refractivity contribution is 7.99. The van der Waals surface area contributed by atoms with Crippen LogP contribution in [0, 0.1) is 0 Å². The molecule has 1 N–H and O–H groups in total. The number of thioether (sulfide) groups is 1. The van der Waals surface area contributed by atoms with Gasteiger partial charge in [-0.1, -0.05) is 0 Å². The van der Waals surface area contributed by atoms with Gasteiger partial charge in [0.05, 0.1) is 0 Å². The molecule has 0 bridgehead atoms. The van der Waals surface area contributed by atoms with Gasteiger partial charge in [0.1, 0.15) is 0 Å². The molecule has 0 aromatic heterocycles. The van der Waals surface area contributed by atoms with Crippen LogP contribution in [0.25, 0.3) is 0 Å². The fraction of sp³-hybridized carbons (Fsp3) is 1.00. The molecule has 1 saturated heterocycles. The van der Waals surface area contributed by atoms with Crippen LogP contribution < -0.4 is 5.32 Å². The largest absolute Gasteiger partial charge is 0.295 e. The summed E-state index contributed by atoms with van der Waals surface area (Å²) in [6.45, 7) is 7.79. The maximum atomic E-state index is 3.33. The lowest BCUT2D eigenvalue weighted by Crippen LogP contribution is -2.49. The molecule has 2 nitrogen and oxygen atoms in total. The van der Waals surface area contributed by atoms with Crippen molar-refractivity contribution in [1.29, 1.82) is 0 Å². The molecule has 0 spiro atoms. The van der Waals surface area contributed by atoms with Crippen molar-refractivity contribution in [3.63, 3.8) is 0 Å². The smallest absolute Gasteiger partial charge is 0.0499 e. The van der Waals surface area contributed by atoms with E-state index in [0.717, 1.165) is 18.4 Å². The molecule has 60 valence electrons. The van der Waals surface area contributed by atoms with Gasteiger partial charge in [-0.25, -0.2) is 0 Å². The van der Waals surface area contributed by atoms with Gasteiger partial charge < -0.3 is 0 Å². The Bertz CT molecular complexity index is 103. The Morgan fingerprint density at radius 2 is 2.10 bits per heavy atom. The SMILES string of the molecule is CC(C)(C)N1CNCSC1. The second-order valence-corrected chi connectivity index (χ2v) is 4.55. The van der Waals surface area contributed by atoms with Crippen molar-refractivity contribution in [1.82, 2.24) is 10.2 Å². The van der Waals surface area contributed by atoms with Crippen LogP contribution in [0.1, 0.15) is 20.8 Å². The highest BCUT2D eigenvalue weighted by Crippen LogP contribution is 2.18. The predicted octanol–water partition coefficient (Wildman–Crippen LogP) is 1.30. The second kappa shape index (κ2) is 3.11. The molecule has 10 heavy (non-hydrogen) atoms. The molecule has 0 unspecified atom stereocenters. The summed E-state index contributed by atoms with van der Waals surface area (Å²) in [5.41, 5.74) is 0.320. The molecule has 0 saturated carbocycles. The van der Waals surface area contributed by atoms with E-state index in [1.54, 1.807) is 0 Å². The van der Waals surface area contributed by atoms with Gasteiger partial charge in [-0.3, -0.25) is 10.2 Å². The maximum absolute atomic E-state index is 3.33. The third-order valence-electron chi connectivity index (χ3n) is 1.70. The monoisotopic (exact) mass is 160 g/mol. The van der Waals surface area contributed by atoms with Gasteiger partial charge in [0.25, 0.3) is 0 Å². The van der Waals surface area contributed by atoms with E-state index >= 15 is 0 Å². The van der Waals surface area contributed by atoms with Gasteiger partial charge in [-0.2, -0.15) is 0 Å². The van der Waals surface area contributed by atoms with Crippen LogP contribution in [-0.4, -0.2) is 28.9 Å². The molecule has 0 radical (unpaired) electrons. The first-order valence-corrected chi connectivity index (χ1v) is 4.80.